The van der Waals surface area contributed by atoms with Crippen molar-refractivity contribution in [2.75, 3.05) is 5.32 Å². The van der Waals surface area contributed by atoms with Crippen LogP contribution in [0.25, 0.3) is 0 Å². The van der Waals surface area contributed by atoms with E-state index in [4.69, 9.17) is 5.11 Å². The molecule has 0 aliphatic rings. The Kier molecular flexibility index (Phi) is 5.17. The first-order valence-corrected chi connectivity index (χ1v) is 6.20. The minimum atomic E-state index is -1.14. The highest BCUT2D eigenvalue weighted by atomic mass is 16.6. The number of nitrogens with zero attached hydrogens (tertiary/aromatic N) is 2. The van der Waals surface area contributed by atoms with Crippen LogP contribution in [0.5, 0.6) is 0 Å². The lowest BCUT2D eigenvalue weighted by atomic mass is 9.99. The van der Waals surface area contributed by atoms with Crippen LogP contribution >= 0.6 is 0 Å². The molecule has 0 aliphatic carbocycles. The number of carboxylic acid groups (broad SMARTS) is 1. The Labute approximate surface area is 119 Å². The average molecular weight is 297 g/mol. The number of hydrogen-bond donors (Lipinski definition) is 2. The molecule has 114 valence electrons. The number of non-ortho nitro benzene ring substituents is 1. The maximum Gasteiger partial charge on any atom is 0.326 e. The first-order valence-electron chi connectivity index (χ1n) is 6.20. The molecule has 0 heterocycles. The van der Waals surface area contributed by atoms with Crippen molar-refractivity contribution in [3.05, 3.63) is 38.4 Å². The van der Waals surface area contributed by atoms with Crippen molar-refractivity contribution >= 4 is 23.0 Å². The maximum atomic E-state index is 11.2. The summed E-state index contributed by atoms with van der Waals surface area (Å²) in [5.41, 5.74) is -1.01. The second-order valence-electron chi connectivity index (χ2n) is 4.56. The second kappa shape index (κ2) is 6.64. The van der Waals surface area contributed by atoms with E-state index < -0.39 is 33.2 Å². The summed E-state index contributed by atoms with van der Waals surface area (Å²) in [5.74, 6) is -1.41. The minimum absolute atomic E-state index is 0.0571. The van der Waals surface area contributed by atoms with E-state index in [1.165, 1.54) is 0 Å². The van der Waals surface area contributed by atoms with Crippen LogP contribution in [-0.4, -0.2) is 27.0 Å². The third-order valence-electron chi connectivity index (χ3n) is 3.18. The molecular weight excluding hydrogens is 282 g/mol. The molecule has 0 saturated heterocycles. The molecule has 0 aromatic heterocycles. The van der Waals surface area contributed by atoms with Gasteiger partial charge in [-0.2, -0.15) is 0 Å². The first-order chi connectivity index (χ1) is 9.77. The Morgan fingerprint density at radius 1 is 1.33 bits per heavy atom. The summed E-state index contributed by atoms with van der Waals surface area (Å²) in [6.07, 6.45) is 0.560. The van der Waals surface area contributed by atoms with Crippen molar-refractivity contribution in [3.63, 3.8) is 0 Å². The summed E-state index contributed by atoms with van der Waals surface area (Å²) in [4.78, 5) is 31.3. The fourth-order valence-corrected chi connectivity index (χ4v) is 1.76. The lowest BCUT2D eigenvalue weighted by Crippen LogP contribution is -2.35. The quantitative estimate of drug-likeness (QED) is 0.582. The van der Waals surface area contributed by atoms with Crippen LogP contribution in [0.15, 0.2) is 18.2 Å². The summed E-state index contributed by atoms with van der Waals surface area (Å²) < 4.78 is 0. The molecule has 0 bridgehead atoms. The fourth-order valence-electron chi connectivity index (χ4n) is 1.76. The molecule has 1 rings (SSSR count). The molecule has 0 unspecified atom stereocenters. The summed E-state index contributed by atoms with van der Waals surface area (Å²) in [7, 11) is 0. The van der Waals surface area contributed by atoms with Crippen LogP contribution in [0, 0.1) is 26.1 Å². The van der Waals surface area contributed by atoms with Crippen LogP contribution in [0.1, 0.15) is 20.3 Å². The molecule has 0 saturated carbocycles. The topological polar surface area (TPSA) is 136 Å². The van der Waals surface area contributed by atoms with Gasteiger partial charge in [-0.25, -0.2) is 4.79 Å². The number of carboxylic acids is 1. The number of aliphatic carboxylic acids is 1. The number of hydrogen-bond acceptors (Lipinski definition) is 6. The van der Waals surface area contributed by atoms with Gasteiger partial charge in [0.15, 0.2) is 0 Å². The van der Waals surface area contributed by atoms with E-state index in [2.05, 4.69) is 5.32 Å². The van der Waals surface area contributed by atoms with Crippen molar-refractivity contribution in [1.29, 1.82) is 0 Å². The summed E-state index contributed by atoms with van der Waals surface area (Å²) >= 11 is 0. The third-order valence-corrected chi connectivity index (χ3v) is 3.18. The van der Waals surface area contributed by atoms with Crippen LogP contribution < -0.4 is 5.32 Å². The van der Waals surface area contributed by atoms with Gasteiger partial charge in [-0.05, 0) is 12.0 Å². The highest BCUT2D eigenvalue weighted by molar-refractivity contribution is 5.79. The predicted octanol–water partition coefficient (Wildman–Crippen LogP) is 2.41. The molecule has 21 heavy (non-hydrogen) atoms. The molecule has 1 aromatic rings. The lowest BCUT2D eigenvalue weighted by molar-refractivity contribution is -0.393. The lowest BCUT2D eigenvalue weighted by Gasteiger charge is -2.21. The normalized spacial score (nSPS) is 13.2. The van der Waals surface area contributed by atoms with Crippen LogP contribution in [-0.2, 0) is 4.79 Å². The summed E-state index contributed by atoms with van der Waals surface area (Å²) in [5, 5.41) is 33.4. The zero-order chi connectivity index (χ0) is 16.2. The van der Waals surface area contributed by atoms with Crippen molar-refractivity contribution in [2.45, 2.75) is 26.3 Å². The Hall–Kier alpha value is -2.71. The Morgan fingerprint density at radius 3 is 2.38 bits per heavy atom. The second-order valence-corrected chi connectivity index (χ2v) is 4.56. The Morgan fingerprint density at radius 2 is 1.95 bits per heavy atom. The van der Waals surface area contributed by atoms with Gasteiger partial charge in [0.1, 0.15) is 11.7 Å². The highest BCUT2D eigenvalue weighted by Gasteiger charge is 2.27. The van der Waals surface area contributed by atoms with Crippen LogP contribution in [0.4, 0.5) is 17.1 Å². The van der Waals surface area contributed by atoms with E-state index in [0.29, 0.717) is 6.42 Å². The van der Waals surface area contributed by atoms with E-state index in [1.807, 2.05) is 0 Å². The van der Waals surface area contributed by atoms with Crippen LogP contribution in [0.3, 0.4) is 0 Å². The molecule has 2 N–H and O–H groups in total. The Bertz CT molecular complexity index is 574. The van der Waals surface area contributed by atoms with Crippen LogP contribution in [0.2, 0.25) is 0 Å². The van der Waals surface area contributed by atoms with Gasteiger partial charge in [-0.3, -0.25) is 20.2 Å². The number of anilines is 1. The molecular formula is C12H15N3O6. The predicted molar refractivity (Wildman–Crippen MR) is 74.3 cm³/mol. The number of carbonyl (C=O) groups is 1. The van der Waals surface area contributed by atoms with Gasteiger partial charge in [0.2, 0.25) is 0 Å². The molecule has 0 aliphatic heterocycles. The molecule has 0 amide bonds. The van der Waals surface area contributed by atoms with Crippen molar-refractivity contribution in [1.82, 2.24) is 0 Å². The first kappa shape index (κ1) is 16.3. The number of nitro groups is 2. The van der Waals surface area contributed by atoms with Crippen molar-refractivity contribution in [3.8, 4) is 0 Å². The highest BCUT2D eigenvalue weighted by Crippen LogP contribution is 2.30. The third kappa shape index (κ3) is 3.88. The zero-order valence-electron chi connectivity index (χ0n) is 11.5. The van der Waals surface area contributed by atoms with E-state index >= 15 is 0 Å². The van der Waals surface area contributed by atoms with E-state index in [1.54, 1.807) is 13.8 Å². The number of nitro benzene ring substituents is 2. The molecule has 0 fully saturated rings. The molecule has 9 nitrogen and oxygen atoms in total. The van der Waals surface area contributed by atoms with E-state index in [9.17, 15) is 25.0 Å². The summed E-state index contributed by atoms with van der Waals surface area (Å²) in [6, 6.07) is 2.02. The SMILES string of the molecule is CC[C@H](C)[C@@H](Nc1ccc([N+](=O)[O-])cc1[N+](=O)[O-])C(=O)O. The number of benzene rings is 1. The smallest absolute Gasteiger partial charge is 0.326 e. The minimum Gasteiger partial charge on any atom is -0.480 e. The van der Waals surface area contributed by atoms with Gasteiger partial charge >= 0.3 is 5.97 Å². The number of nitrogens with one attached hydrogen (secondary N) is 1. The van der Waals surface area contributed by atoms with Gasteiger partial charge in [0, 0.05) is 6.07 Å². The molecule has 9 heteroatoms. The standard InChI is InChI=1S/C12H15N3O6/c1-3-7(2)11(12(16)17)13-9-5-4-8(14(18)19)6-10(9)15(20)21/h4-7,11,13H,3H2,1-2H3,(H,16,17)/t7-,11+/m0/s1. The largest absolute Gasteiger partial charge is 0.480 e. The maximum absolute atomic E-state index is 11.2. The van der Waals surface area contributed by atoms with Crippen molar-refractivity contribution in [2.24, 2.45) is 5.92 Å². The van der Waals surface area contributed by atoms with E-state index in [-0.39, 0.29) is 11.6 Å². The zero-order valence-corrected chi connectivity index (χ0v) is 11.5. The molecule has 0 spiro atoms. The average Bonchev–Trinajstić information content (AvgIpc) is 2.43. The molecule has 0 radical (unpaired) electrons. The van der Waals surface area contributed by atoms with Gasteiger partial charge in [-0.1, -0.05) is 20.3 Å². The summed E-state index contributed by atoms with van der Waals surface area (Å²) in [6.45, 7) is 3.50. The number of rotatable bonds is 7. The van der Waals surface area contributed by atoms with E-state index in [0.717, 1.165) is 18.2 Å². The van der Waals surface area contributed by atoms with Gasteiger partial charge in [-0.15, -0.1) is 0 Å². The molecule has 2 atom stereocenters. The van der Waals surface area contributed by atoms with Gasteiger partial charge < -0.3 is 10.4 Å². The fraction of sp³-hybridized carbons (Fsp3) is 0.417. The Balaban J connectivity index is 3.20. The monoisotopic (exact) mass is 297 g/mol. The van der Waals surface area contributed by atoms with Gasteiger partial charge in [0.05, 0.1) is 15.9 Å². The van der Waals surface area contributed by atoms with Crippen molar-refractivity contribution < 1.29 is 19.7 Å². The van der Waals surface area contributed by atoms with Gasteiger partial charge in [0.25, 0.3) is 11.4 Å². The molecule has 1 aromatic carbocycles.